The zero-order chi connectivity index (χ0) is 21.8. The van der Waals surface area contributed by atoms with Gasteiger partial charge in [-0.05, 0) is 35.7 Å². The number of ether oxygens (including phenoxy) is 2. The second-order valence-corrected chi connectivity index (χ2v) is 7.84. The number of benzene rings is 2. The van der Waals surface area contributed by atoms with Crippen molar-refractivity contribution in [2.24, 2.45) is 5.73 Å². The number of nitrogens with zero attached hydrogens (tertiary/aromatic N) is 2. The van der Waals surface area contributed by atoms with Crippen LogP contribution >= 0.6 is 0 Å². The van der Waals surface area contributed by atoms with Crippen LogP contribution in [0.3, 0.4) is 0 Å². The standard InChI is InChI=1S/C23H27FN4O3/c24-23-18(15-31-22(29)13-21(25)26)2-1-3-20(23)28-7-6-16-12-19(5-4-17(16)14-28)27-8-10-30-11-9-27/h1-5,12H,6-11,13-15H2,(H3,25,26). The second-order valence-electron chi connectivity index (χ2n) is 7.84. The molecular weight excluding hydrogens is 399 g/mol. The third-order valence-corrected chi connectivity index (χ3v) is 5.70. The fraction of sp³-hybridized carbons (Fsp3) is 0.391. The minimum absolute atomic E-state index is 0.181. The number of amidine groups is 1. The highest BCUT2D eigenvalue weighted by molar-refractivity contribution is 5.94. The first-order valence-corrected chi connectivity index (χ1v) is 10.5. The van der Waals surface area contributed by atoms with Gasteiger partial charge in [0.2, 0.25) is 0 Å². The smallest absolute Gasteiger partial charge is 0.313 e. The maximum Gasteiger partial charge on any atom is 0.313 e. The molecule has 7 nitrogen and oxygen atoms in total. The van der Waals surface area contributed by atoms with E-state index in [9.17, 15) is 4.79 Å². The van der Waals surface area contributed by atoms with Crippen molar-refractivity contribution >= 4 is 23.2 Å². The number of nitrogens with two attached hydrogens (primary N) is 1. The Morgan fingerprint density at radius 3 is 2.71 bits per heavy atom. The molecule has 0 aliphatic carbocycles. The van der Waals surface area contributed by atoms with Gasteiger partial charge in [0.15, 0.2) is 5.82 Å². The minimum atomic E-state index is -0.639. The molecule has 3 N–H and O–H groups in total. The molecule has 31 heavy (non-hydrogen) atoms. The van der Waals surface area contributed by atoms with Gasteiger partial charge in [0.05, 0.1) is 18.9 Å². The number of nitrogens with one attached hydrogen (secondary N) is 1. The molecule has 0 aromatic heterocycles. The van der Waals surface area contributed by atoms with Gasteiger partial charge in [-0.1, -0.05) is 18.2 Å². The molecule has 2 aromatic carbocycles. The molecule has 2 aliphatic heterocycles. The van der Waals surface area contributed by atoms with Crippen molar-refractivity contribution in [2.75, 3.05) is 42.6 Å². The quantitative estimate of drug-likeness (QED) is 0.419. The van der Waals surface area contributed by atoms with Gasteiger partial charge >= 0.3 is 5.97 Å². The lowest BCUT2D eigenvalue weighted by molar-refractivity contribution is -0.143. The van der Waals surface area contributed by atoms with Crippen molar-refractivity contribution in [3.8, 4) is 0 Å². The lowest BCUT2D eigenvalue weighted by atomic mass is 9.97. The molecule has 0 atom stereocenters. The summed E-state index contributed by atoms with van der Waals surface area (Å²) in [6.45, 7) is 4.47. The number of hydrogen-bond acceptors (Lipinski definition) is 6. The molecule has 8 heteroatoms. The van der Waals surface area contributed by atoms with Crippen LogP contribution in [0.4, 0.5) is 15.8 Å². The average molecular weight is 426 g/mol. The molecule has 1 saturated heterocycles. The summed E-state index contributed by atoms with van der Waals surface area (Å²) in [5, 5.41) is 7.14. The van der Waals surface area contributed by atoms with Crippen molar-refractivity contribution in [3.05, 3.63) is 58.9 Å². The van der Waals surface area contributed by atoms with Gasteiger partial charge in [0.25, 0.3) is 0 Å². The zero-order valence-electron chi connectivity index (χ0n) is 17.4. The Bertz CT molecular complexity index is 975. The summed E-state index contributed by atoms with van der Waals surface area (Å²) in [6, 6.07) is 11.6. The van der Waals surface area contributed by atoms with E-state index in [0.717, 1.165) is 32.7 Å². The summed E-state index contributed by atoms with van der Waals surface area (Å²) < 4.78 is 25.6. The van der Waals surface area contributed by atoms with Crippen LogP contribution in [-0.4, -0.2) is 44.7 Å². The van der Waals surface area contributed by atoms with Gasteiger partial charge in [-0.25, -0.2) is 4.39 Å². The molecule has 2 aliphatic rings. The predicted molar refractivity (Wildman–Crippen MR) is 117 cm³/mol. The summed E-state index contributed by atoms with van der Waals surface area (Å²) in [5.74, 6) is -1.30. The number of fused-ring (bicyclic) bond motifs is 1. The largest absolute Gasteiger partial charge is 0.460 e. The molecule has 2 heterocycles. The Morgan fingerprint density at radius 1 is 1.13 bits per heavy atom. The lowest BCUT2D eigenvalue weighted by Crippen LogP contribution is -2.36. The van der Waals surface area contributed by atoms with Crippen LogP contribution < -0.4 is 15.5 Å². The first-order valence-electron chi connectivity index (χ1n) is 10.5. The van der Waals surface area contributed by atoms with Crippen molar-refractivity contribution in [3.63, 3.8) is 0 Å². The summed E-state index contributed by atoms with van der Waals surface area (Å²) in [4.78, 5) is 16.0. The number of hydrogen-bond donors (Lipinski definition) is 2. The maximum atomic E-state index is 15.1. The third kappa shape index (κ3) is 4.96. The Kier molecular flexibility index (Phi) is 6.36. The molecule has 0 unspecified atom stereocenters. The monoisotopic (exact) mass is 426 g/mol. The topological polar surface area (TPSA) is 91.9 Å². The van der Waals surface area contributed by atoms with Crippen LogP contribution in [0.15, 0.2) is 36.4 Å². The van der Waals surface area contributed by atoms with E-state index >= 15 is 4.39 Å². The number of carbonyl (C=O) groups excluding carboxylic acids is 1. The molecule has 164 valence electrons. The SMILES string of the molecule is N=C(N)CC(=O)OCc1cccc(N2CCc3cc(N4CCOCC4)ccc3C2)c1F. The Balaban J connectivity index is 1.45. The first kappa shape index (κ1) is 21.1. The summed E-state index contributed by atoms with van der Waals surface area (Å²) >= 11 is 0. The summed E-state index contributed by atoms with van der Waals surface area (Å²) in [7, 11) is 0. The summed E-state index contributed by atoms with van der Waals surface area (Å²) in [6.07, 6.45) is 0.543. The van der Waals surface area contributed by atoms with Gasteiger partial charge in [-0.3, -0.25) is 10.2 Å². The van der Waals surface area contributed by atoms with Crippen LogP contribution in [0.25, 0.3) is 0 Å². The normalized spacial score (nSPS) is 16.0. The number of morpholine rings is 1. The lowest BCUT2D eigenvalue weighted by Gasteiger charge is -2.33. The van der Waals surface area contributed by atoms with Crippen molar-refractivity contribution in [2.45, 2.75) is 26.0 Å². The van der Waals surface area contributed by atoms with Gasteiger partial charge in [0, 0.05) is 37.4 Å². The van der Waals surface area contributed by atoms with Gasteiger partial charge in [-0.15, -0.1) is 0 Å². The number of carbonyl (C=O) groups is 1. The van der Waals surface area contributed by atoms with E-state index in [1.807, 2.05) is 4.90 Å². The molecule has 2 aromatic rings. The van der Waals surface area contributed by atoms with Crippen LogP contribution in [0, 0.1) is 11.2 Å². The highest BCUT2D eigenvalue weighted by Crippen LogP contribution is 2.30. The number of halogens is 1. The van der Waals surface area contributed by atoms with Crippen LogP contribution in [0.5, 0.6) is 0 Å². The average Bonchev–Trinajstić information content (AvgIpc) is 2.78. The van der Waals surface area contributed by atoms with E-state index in [0.29, 0.717) is 24.3 Å². The molecule has 0 amide bonds. The highest BCUT2D eigenvalue weighted by Gasteiger charge is 2.22. The van der Waals surface area contributed by atoms with E-state index in [2.05, 4.69) is 23.1 Å². The van der Waals surface area contributed by atoms with Crippen LogP contribution in [-0.2, 0) is 33.8 Å². The highest BCUT2D eigenvalue weighted by atomic mass is 19.1. The van der Waals surface area contributed by atoms with E-state index in [1.54, 1.807) is 18.2 Å². The minimum Gasteiger partial charge on any atom is -0.460 e. The molecule has 0 bridgehead atoms. The Morgan fingerprint density at radius 2 is 1.94 bits per heavy atom. The van der Waals surface area contributed by atoms with E-state index in [-0.39, 0.29) is 24.7 Å². The van der Waals surface area contributed by atoms with Crippen LogP contribution in [0.1, 0.15) is 23.1 Å². The fourth-order valence-electron chi connectivity index (χ4n) is 4.05. The van der Waals surface area contributed by atoms with Crippen LogP contribution in [0.2, 0.25) is 0 Å². The number of rotatable bonds is 6. The molecule has 0 spiro atoms. The molecule has 0 saturated carbocycles. The molecular formula is C23H27FN4O3. The van der Waals surface area contributed by atoms with E-state index in [1.165, 1.54) is 16.8 Å². The number of esters is 1. The fourth-order valence-corrected chi connectivity index (χ4v) is 4.05. The predicted octanol–water partition coefficient (Wildman–Crippen LogP) is 2.59. The molecule has 1 fully saturated rings. The first-order chi connectivity index (χ1) is 15.0. The van der Waals surface area contributed by atoms with Crippen molar-refractivity contribution < 1.29 is 18.7 Å². The van der Waals surface area contributed by atoms with Crippen molar-refractivity contribution in [1.29, 1.82) is 5.41 Å². The Labute approximate surface area is 181 Å². The van der Waals surface area contributed by atoms with Gasteiger partial charge < -0.3 is 25.0 Å². The maximum absolute atomic E-state index is 15.1. The zero-order valence-corrected chi connectivity index (χ0v) is 17.4. The third-order valence-electron chi connectivity index (χ3n) is 5.70. The van der Waals surface area contributed by atoms with Gasteiger partial charge in [-0.2, -0.15) is 0 Å². The summed E-state index contributed by atoms with van der Waals surface area (Å²) in [5.41, 5.74) is 9.72. The second kappa shape index (κ2) is 9.34. The van der Waals surface area contributed by atoms with Crippen molar-refractivity contribution in [1.82, 2.24) is 0 Å². The van der Waals surface area contributed by atoms with Gasteiger partial charge in [0.1, 0.15) is 18.9 Å². The molecule has 4 rings (SSSR count). The number of anilines is 2. The van der Waals surface area contributed by atoms with E-state index < -0.39 is 5.97 Å². The Hall–Kier alpha value is -3.13. The van der Waals surface area contributed by atoms with E-state index in [4.69, 9.17) is 20.6 Å². The molecule has 0 radical (unpaired) electrons.